The molecule has 0 unspecified atom stereocenters. The first kappa shape index (κ1) is 21.7. The summed E-state index contributed by atoms with van der Waals surface area (Å²) >= 11 is 0. The van der Waals surface area contributed by atoms with Crippen molar-refractivity contribution in [1.29, 1.82) is 0 Å². The van der Waals surface area contributed by atoms with Gasteiger partial charge >= 0.3 is 0 Å². The van der Waals surface area contributed by atoms with Crippen LogP contribution in [0.1, 0.15) is 12.0 Å². The van der Waals surface area contributed by atoms with Crippen LogP contribution in [0.5, 0.6) is 11.5 Å². The number of hydrogen-bond acceptors (Lipinski definition) is 5. The van der Waals surface area contributed by atoms with Gasteiger partial charge in [0.15, 0.2) is 11.5 Å². The van der Waals surface area contributed by atoms with E-state index < -0.39 is 10.0 Å². The topological polar surface area (TPSA) is 84.9 Å². The van der Waals surface area contributed by atoms with Crippen LogP contribution in [0.3, 0.4) is 0 Å². The third-order valence-corrected chi connectivity index (χ3v) is 6.04. The summed E-state index contributed by atoms with van der Waals surface area (Å²) in [6, 6.07) is 14.3. The summed E-state index contributed by atoms with van der Waals surface area (Å²) in [4.78, 5) is 12.1. The lowest BCUT2D eigenvalue weighted by molar-refractivity contribution is -0.121. The van der Waals surface area contributed by atoms with Gasteiger partial charge in [-0.1, -0.05) is 30.3 Å². The molecular formula is C20H26N2O5S. The minimum atomic E-state index is -3.83. The van der Waals surface area contributed by atoms with E-state index in [-0.39, 0.29) is 17.3 Å². The van der Waals surface area contributed by atoms with Gasteiger partial charge in [-0.15, -0.1) is 0 Å². The smallest absolute Gasteiger partial charge is 0.243 e. The zero-order valence-corrected chi connectivity index (χ0v) is 17.2. The van der Waals surface area contributed by atoms with Gasteiger partial charge in [-0.3, -0.25) is 4.79 Å². The van der Waals surface area contributed by atoms with Crippen molar-refractivity contribution in [3.8, 4) is 11.5 Å². The number of carbonyl (C=O) groups is 1. The van der Waals surface area contributed by atoms with Crippen LogP contribution in [0.4, 0.5) is 0 Å². The van der Waals surface area contributed by atoms with Crippen molar-refractivity contribution in [2.24, 2.45) is 0 Å². The first-order chi connectivity index (χ1) is 13.4. The zero-order valence-electron chi connectivity index (χ0n) is 16.3. The summed E-state index contributed by atoms with van der Waals surface area (Å²) in [5, 5.41) is 2.76. The molecule has 0 saturated heterocycles. The van der Waals surface area contributed by atoms with Gasteiger partial charge in [0.1, 0.15) is 0 Å². The minimum Gasteiger partial charge on any atom is -0.493 e. The van der Waals surface area contributed by atoms with Crippen molar-refractivity contribution in [3.05, 3.63) is 54.1 Å². The highest BCUT2D eigenvalue weighted by Crippen LogP contribution is 2.30. The number of benzene rings is 2. The molecule has 7 nitrogen and oxygen atoms in total. The Hall–Kier alpha value is -2.58. The lowest BCUT2D eigenvalue weighted by Crippen LogP contribution is -2.38. The summed E-state index contributed by atoms with van der Waals surface area (Å²) in [5.41, 5.74) is 1.20. The number of likely N-dealkylation sites (N-methyl/N-ethyl adjacent to an activating group) is 1. The lowest BCUT2D eigenvalue weighted by Gasteiger charge is -2.18. The molecule has 152 valence electrons. The second kappa shape index (κ2) is 10.1. The molecule has 1 N–H and O–H groups in total. The van der Waals surface area contributed by atoms with Crippen LogP contribution in [0.15, 0.2) is 53.4 Å². The monoisotopic (exact) mass is 406 g/mol. The van der Waals surface area contributed by atoms with Crippen LogP contribution < -0.4 is 14.8 Å². The van der Waals surface area contributed by atoms with Crippen molar-refractivity contribution in [1.82, 2.24) is 9.62 Å². The van der Waals surface area contributed by atoms with E-state index in [2.05, 4.69) is 5.32 Å². The molecule has 0 aliphatic carbocycles. The van der Waals surface area contributed by atoms with E-state index in [1.165, 1.54) is 45.0 Å². The van der Waals surface area contributed by atoms with E-state index in [1.54, 1.807) is 0 Å². The van der Waals surface area contributed by atoms with Crippen molar-refractivity contribution in [3.63, 3.8) is 0 Å². The number of hydrogen-bond donors (Lipinski definition) is 1. The van der Waals surface area contributed by atoms with Gasteiger partial charge < -0.3 is 14.8 Å². The highest BCUT2D eigenvalue weighted by atomic mass is 32.2. The average Bonchev–Trinajstić information content (AvgIpc) is 2.71. The molecule has 0 radical (unpaired) electrons. The Morgan fingerprint density at radius 2 is 1.71 bits per heavy atom. The van der Waals surface area contributed by atoms with Crippen LogP contribution in [-0.2, 0) is 21.2 Å². The molecule has 0 heterocycles. The predicted molar refractivity (Wildman–Crippen MR) is 107 cm³/mol. The molecule has 2 rings (SSSR count). The van der Waals surface area contributed by atoms with Crippen LogP contribution in [0, 0.1) is 0 Å². The van der Waals surface area contributed by atoms with E-state index >= 15 is 0 Å². The van der Waals surface area contributed by atoms with Crippen molar-refractivity contribution in [2.45, 2.75) is 17.7 Å². The Kier molecular flexibility index (Phi) is 7.83. The molecule has 0 aromatic heterocycles. The van der Waals surface area contributed by atoms with E-state index in [1.807, 2.05) is 30.3 Å². The maximum Gasteiger partial charge on any atom is 0.243 e. The third-order valence-electron chi connectivity index (χ3n) is 4.24. The van der Waals surface area contributed by atoms with Crippen LogP contribution >= 0.6 is 0 Å². The van der Waals surface area contributed by atoms with Crippen molar-refractivity contribution in [2.75, 3.05) is 34.4 Å². The highest BCUT2D eigenvalue weighted by molar-refractivity contribution is 7.89. The van der Waals surface area contributed by atoms with Crippen LogP contribution in [-0.4, -0.2) is 53.0 Å². The standard InChI is InChI=1S/C20H26N2O5S/c1-22(15-20(23)21-13-7-10-16-8-5-4-6-9-16)28(24,25)17-11-12-18(26-2)19(14-17)27-3/h4-6,8-9,11-12,14H,7,10,13,15H2,1-3H3,(H,21,23). The number of nitrogens with zero attached hydrogens (tertiary/aromatic N) is 1. The Morgan fingerprint density at radius 1 is 1.04 bits per heavy atom. The number of ether oxygens (including phenoxy) is 2. The molecule has 0 aliphatic rings. The molecular weight excluding hydrogens is 380 g/mol. The summed E-state index contributed by atoms with van der Waals surface area (Å²) in [6.45, 7) is 0.222. The SMILES string of the molecule is COc1ccc(S(=O)(=O)N(C)CC(=O)NCCCc2ccccc2)cc1OC. The number of amides is 1. The quantitative estimate of drug-likeness (QED) is 0.611. The Labute approximate surface area is 166 Å². The minimum absolute atomic E-state index is 0.0320. The predicted octanol–water partition coefficient (Wildman–Crippen LogP) is 2.07. The number of rotatable bonds is 10. The summed E-state index contributed by atoms with van der Waals surface area (Å²) in [5.74, 6) is 0.391. The van der Waals surface area contributed by atoms with Gasteiger partial charge in [-0.05, 0) is 30.5 Å². The molecule has 0 bridgehead atoms. The number of carbonyl (C=O) groups excluding carboxylic acids is 1. The number of sulfonamides is 1. The fraction of sp³-hybridized carbons (Fsp3) is 0.350. The first-order valence-corrected chi connectivity index (χ1v) is 10.3. The van der Waals surface area contributed by atoms with E-state index in [0.717, 1.165) is 17.1 Å². The molecule has 0 spiro atoms. The molecule has 1 amide bonds. The number of methoxy groups -OCH3 is 2. The van der Waals surface area contributed by atoms with Gasteiger partial charge in [0.25, 0.3) is 0 Å². The Balaban J connectivity index is 1.89. The molecule has 0 saturated carbocycles. The van der Waals surface area contributed by atoms with E-state index in [9.17, 15) is 13.2 Å². The average molecular weight is 407 g/mol. The maximum absolute atomic E-state index is 12.7. The summed E-state index contributed by atoms with van der Waals surface area (Å²) in [7, 11) is 0.446. The van der Waals surface area contributed by atoms with Crippen molar-refractivity contribution < 1.29 is 22.7 Å². The second-order valence-corrected chi connectivity index (χ2v) is 8.26. The Bertz CT molecular complexity index is 885. The molecule has 0 aliphatic heterocycles. The normalized spacial score (nSPS) is 11.3. The molecule has 28 heavy (non-hydrogen) atoms. The van der Waals surface area contributed by atoms with E-state index in [0.29, 0.717) is 18.0 Å². The molecule has 0 atom stereocenters. The van der Waals surface area contributed by atoms with Gasteiger partial charge in [0.05, 0.1) is 25.7 Å². The van der Waals surface area contributed by atoms with Crippen LogP contribution in [0.25, 0.3) is 0 Å². The first-order valence-electron chi connectivity index (χ1n) is 8.87. The maximum atomic E-state index is 12.7. The van der Waals surface area contributed by atoms with Gasteiger partial charge in [0, 0.05) is 19.7 Å². The zero-order chi connectivity index (χ0) is 20.6. The fourth-order valence-electron chi connectivity index (χ4n) is 2.67. The lowest BCUT2D eigenvalue weighted by atomic mass is 10.1. The second-order valence-electron chi connectivity index (χ2n) is 6.22. The van der Waals surface area contributed by atoms with Gasteiger partial charge in [0.2, 0.25) is 15.9 Å². The molecule has 2 aromatic rings. The number of aryl methyl sites for hydroxylation is 1. The molecule has 2 aromatic carbocycles. The fourth-order valence-corrected chi connectivity index (χ4v) is 3.81. The number of nitrogens with one attached hydrogen (secondary N) is 1. The van der Waals surface area contributed by atoms with Crippen molar-refractivity contribution >= 4 is 15.9 Å². The molecule has 8 heteroatoms. The van der Waals surface area contributed by atoms with Gasteiger partial charge in [-0.25, -0.2) is 8.42 Å². The molecule has 0 fully saturated rings. The Morgan fingerprint density at radius 3 is 2.36 bits per heavy atom. The van der Waals surface area contributed by atoms with E-state index in [4.69, 9.17) is 9.47 Å². The largest absolute Gasteiger partial charge is 0.493 e. The van der Waals surface area contributed by atoms with Crippen LogP contribution in [0.2, 0.25) is 0 Å². The van der Waals surface area contributed by atoms with Gasteiger partial charge in [-0.2, -0.15) is 4.31 Å². The highest BCUT2D eigenvalue weighted by Gasteiger charge is 2.24. The summed E-state index contributed by atoms with van der Waals surface area (Å²) < 4.78 is 36.7. The summed E-state index contributed by atoms with van der Waals surface area (Å²) in [6.07, 6.45) is 1.63. The third kappa shape index (κ3) is 5.71.